The van der Waals surface area contributed by atoms with E-state index < -0.39 is 0 Å². The van der Waals surface area contributed by atoms with E-state index in [1.807, 2.05) is 0 Å². The lowest BCUT2D eigenvalue weighted by atomic mass is 10.1. The van der Waals surface area contributed by atoms with E-state index in [2.05, 4.69) is 10.3 Å². The molecule has 1 atom stereocenters. The number of pyridine rings is 1. The Balaban J connectivity index is 1.74. The summed E-state index contributed by atoms with van der Waals surface area (Å²) < 4.78 is 5.46. The van der Waals surface area contributed by atoms with Crippen LogP contribution >= 0.6 is 11.6 Å². The molecule has 92 valence electrons. The van der Waals surface area contributed by atoms with Crippen molar-refractivity contribution in [2.24, 2.45) is 0 Å². The lowest BCUT2D eigenvalue weighted by Crippen LogP contribution is -2.15. The number of carbonyl (C=O) groups is 1. The van der Waals surface area contributed by atoms with Crippen LogP contribution in [0.5, 0.6) is 0 Å². The van der Waals surface area contributed by atoms with Crippen molar-refractivity contribution < 1.29 is 9.53 Å². The molecule has 0 radical (unpaired) electrons. The second-order valence-corrected chi connectivity index (χ2v) is 4.52. The van der Waals surface area contributed by atoms with Crippen LogP contribution in [0.4, 0.5) is 5.82 Å². The van der Waals surface area contributed by atoms with Gasteiger partial charge in [0, 0.05) is 19.2 Å². The van der Waals surface area contributed by atoms with Gasteiger partial charge in [0.1, 0.15) is 5.82 Å². The third-order valence-corrected chi connectivity index (χ3v) is 2.94. The van der Waals surface area contributed by atoms with Crippen molar-refractivity contribution >= 4 is 23.3 Å². The maximum Gasteiger partial charge on any atom is 0.225 e. The normalized spacial score (nSPS) is 19.2. The van der Waals surface area contributed by atoms with Gasteiger partial charge < -0.3 is 10.1 Å². The Morgan fingerprint density at radius 3 is 3.12 bits per heavy atom. The fraction of sp³-hybridized carbons (Fsp3) is 0.500. The molecule has 1 aliphatic heterocycles. The summed E-state index contributed by atoms with van der Waals surface area (Å²) in [4.78, 5) is 15.6. The first-order chi connectivity index (χ1) is 8.24. The first kappa shape index (κ1) is 12.3. The molecule has 0 saturated carbocycles. The Morgan fingerprint density at radius 1 is 1.59 bits per heavy atom. The van der Waals surface area contributed by atoms with E-state index >= 15 is 0 Å². The van der Waals surface area contributed by atoms with E-state index in [0.717, 1.165) is 25.9 Å². The molecule has 2 rings (SSSR count). The number of anilines is 1. The highest BCUT2D eigenvalue weighted by atomic mass is 35.5. The summed E-state index contributed by atoms with van der Waals surface area (Å²) in [5.41, 5.74) is 0. The molecular weight excluding hydrogens is 240 g/mol. The second kappa shape index (κ2) is 5.98. The molecule has 1 amide bonds. The number of hydrogen-bond acceptors (Lipinski definition) is 3. The fourth-order valence-electron chi connectivity index (χ4n) is 1.82. The molecule has 0 spiro atoms. The van der Waals surface area contributed by atoms with Gasteiger partial charge in [0.05, 0.1) is 11.1 Å². The predicted molar refractivity (Wildman–Crippen MR) is 66.1 cm³/mol. The number of aromatic nitrogens is 1. The SMILES string of the molecule is O=C(CC[C@H]1CCCO1)Nc1ccc(Cl)cn1. The van der Waals surface area contributed by atoms with E-state index in [4.69, 9.17) is 16.3 Å². The maximum atomic E-state index is 11.6. The smallest absolute Gasteiger partial charge is 0.225 e. The number of rotatable bonds is 4. The zero-order valence-corrected chi connectivity index (χ0v) is 10.2. The van der Waals surface area contributed by atoms with Crippen molar-refractivity contribution in [1.29, 1.82) is 0 Å². The highest BCUT2D eigenvalue weighted by Crippen LogP contribution is 2.17. The molecule has 1 saturated heterocycles. The zero-order valence-electron chi connectivity index (χ0n) is 9.49. The summed E-state index contributed by atoms with van der Waals surface area (Å²) in [5.74, 6) is 0.502. The Morgan fingerprint density at radius 2 is 2.47 bits per heavy atom. The summed E-state index contributed by atoms with van der Waals surface area (Å²) in [6.45, 7) is 0.824. The molecule has 1 aliphatic rings. The number of amides is 1. The van der Waals surface area contributed by atoms with Gasteiger partial charge >= 0.3 is 0 Å². The summed E-state index contributed by atoms with van der Waals surface area (Å²) in [5, 5.41) is 3.29. The van der Waals surface area contributed by atoms with Gasteiger partial charge in [-0.15, -0.1) is 0 Å². The van der Waals surface area contributed by atoms with Gasteiger partial charge in [-0.1, -0.05) is 11.6 Å². The Hall–Kier alpha value is -1.13. The second-order valence-electron chi connectivity index (χ2n) is 4.08. The van der Waals surface area contributed by atoms with Crippen molar-refractivity contribution in [3.8, 4) is 0 Å². The Labute approximate surface area is 105 Å². The van der Waals surface area contributed by atoms with E-state index in [1.54, 1.807) is 12.1 Å². The summed E-state index contributed by atoms with van der Waals surface area (Å²) in [6.07, 6.45) is 5.17. The summed E-state index contributed by atoms with van der Waals surface area (Å²) >= 11 is 5.70. The molecule has 0 bridgehead atoms. The van der Waals surface area contributed by atoms with Crippen LogP contribution in [0.3, 0.4) is 0 Å². The molecule has 0 aromatic carbocycles. The van der Waals surface area contributed by atoms with E-state index in [0.29, 0.717) is 17.3 Å². The molecule has 1 N–H and O–H groups in total. The largest absolute Gasteiger partial charge is 0.378 e. The van der Waals surface area contributed by atoms with Gasteiger partial charge in [0.15, 0.2) is 0 Å². The topological polar surface area (TPSA) is 51.2 Å². The molecule has 1 fully saturated rings. The first-order valence-corrected chi connectivity index (χ1v) is 6.15. The standard InChI is InChI=1S/C12H15ClN2O2/c13-9-3-5-11(14-8-9)15-12(16)6-4-10-2-1-7-17-10/h3,5,8,10H,1-2,4,6-7H2,(H,14,15,16)/t10-/m1/s1. The molecule has 0 aliphatic carbocycles. The minimum Gasteiger partial charge on any atom is -0.378 e. The van der Waals surface area contributed by atoms with Crippen molar-refractivity contribution in [2.75, 3.05) is 11.9 Å². The maximum absolute atomic E-state index is 11.6. The number of nitrogens with zero attached hydrogens (tertiary/aromatic N) is 1. The molecule has 2 heterocycles. The van der Waals surface area contributed by atoms with Gasteiger partial charge in [-0.05, 0) is 31.4 Å². The fourth-order valence-corrected chi connectivity index (χ4v) is 1.93. The molecule has 1 aromatic rings. The Kier molecular flexibility index (Phi) is 4.34. The van der Waals surface area contributed by atoms with Crippen molar-refractivity contribution in [2.45, 2.75) is 31.8 Å². The van der Waals surface area contributed by atoms with Crippen LogP contribution in [0, 0.1) is 0 Å². The molecular formula is C12H15ClN2O2. The van der Waals surface area contributed by atoms with Crippen molar-refractivity contribution in [3.63, 3.8) is 0 Å². The quantitative estimate of drug-likeness (QED) is 0.899. The monoisotopic (exact) mass is 254 g/mol. The van der Waals surface area contributed by atoms with Crippen molar-refractivity contribution in [3.05, 3.63) is 23.4 Å². The highest BCUT2D eigenvalue weighted by Gasteiger charge is 2.16. The number of hydrogen-bond donors (Lipinski definition) is 1. The lowest BCUT2D eigenvalue weighted by molar-refractivity contribution is -0.116. The van der Waals surface area contributed by atoms with Gasteiger partial charge in [0.2, 0.25) is 5.91 Å². The lowest BCUT2D eigenvalue weighted by Gasteiger charge is -2.08. The average Bonchev–Trinajstić information content (AvgIpc) is 2.83. The van der Waals surface area contributed by atoms with Gasteiger partial charge in [-0.25, -0.2) is 4.98 Å². The number of nitrogens with one attached hydrogen (secondary N) is 1. The molecule has 4 nitrogen and oxygen atoms in total. The third kappa shape index (κ3) is 3.98. The van der Waals surface area contributed by atoms with E-state index in [9.17, 15) is 4.79 Å². The summed E-state index contributed by atoms with van der Waals surface area (Å²) in [7, 11) is 0. The minimum atomic E-state index is -0.0321. The van der Waals surface area contributed by atoms with Crippen LogP contribution < -0.4 is 5.32 Å². The van der Waals surface area contributed by atoms with Gasteiger partial charge in [-0.3, -0.25) is 4.79 Å². The average molecular weight is 255 g/mol. The minimum absolute atomic E-state index is 0.0321. The Bertz CT molecular complexity index is 375. The van der Waals surface area contributed by atoms with Gasteiger partial charge in [-0.2, -0.15) is 0 Å². The van der Waals surface area contributed by atoms with Crippen LogP contribution in [-0.4, -0.2) is 23.6 Å². The number of halogens is 1. The van der Waals surface area contributed by atoms with Crippen LogP contribution in [0.25, 0.3) is 0 Å². The van der Waals surface area contributed by atoms with Crippen LogP contribution in [0.1, 0.15) is 25.7 Å². The predicted octanol–water partition coefficient (Wildman–Crippen LogP) is 2.63. The van der Waals surface area contributed by atoms with E-state index in [1.165, 1.54) is 6.20 Å². The molecule has 1 aromatic heterocycles. The van der Waals surface area contributed by atoms with Crippen LogP contribution in [-0.2, 0) is 9.53 Å². The highest BCUT2D eigenvalue weighted by molar-refractivity contribution is 6.30. The van der Waals surface area contributed by atoms with Crippen LogP contribution in [0.15, 0.2) is 18.3 Å². The number of carbonyl (C=O) groups excluding carboxylic acids is 1. The third-order valence-electron chi connectivity index (χ3n) is 2.71. The molecule has 0 unspecified atom stereocenters. The number of ether oxygens (including phenoxy) is 1. The molecule has 17 heavy (non-hydrogen) atoms. The van der Waals surface area contributed by atoms with Crippen molar-refractivity contribution in [1.82, 2.24) is 4.98 Å². The van der Waals surface area contributed by atoms with Crippen LogP contribution in [0.2, 0.25) is 5.02 Å². The van der Waals surface area contributed by atoms with E-state index in [-0.39, 0.29) is 12.0 Å². The molecule has 5 heteroatoms. The zero-order chi connectivity index (χ0) is 12.1. The summed E-state index contributed by atoms with van der Waals surface area (Å²) in [6, 6.07) is 3.39. The first-order valence-electron chi connectivity index (χ1n) is 5.77. The van der Waals surface area contributed by atoms with Gasteiger partial charge in [0.25, 0.3) is 0 Å².